The highest BCUT2D eigenvalue weighted by atomic mass is 16.1. The van der Waals surface area contributed by atoms with Crippen LogP contribution in [-0.4, -0.2) is 17.2 Å². The van der Waals surface area contributed by atoms with Crippen LogP contribution in [0, 0.1) is 0 Å². The average molecular weight is 265 g/mol. The maximum absolute atomic E-state index is 12.1. The van der Waals surface area contributed by atoms with Crippen molar-refractivity contribution in [2.45, 2.75) is 6.54 Å². The van der Waals surface area contributed by atoms with Gasteiger partial charge in [-0.25, -0.2) is 0 Å². The minimum absolute atomic E-state index is 0.207. The van der Waals surface area contributed by atoms with Crippen LogP contribution in [0.3, 0.4) is 0 Å². The molecule has 1 N–H and O–H groups in total. The number of benzene rings is 1. The number of nitrogens with zero attached hydrogens (tertiary/aromatic N) is 1. The van der Waals surface area contributed by atoms with Gasteiger partial charge in [-0.2, -0.15) is 0 Å². The Labute approximate surface area is 117 Å². The zero-order valence-corrected chi connectivity index (χ0v) is 10.7. The van der Waals surface area contributed by atoms with Crippen LogP contribution in [0.15, 0.2) is 54.7 Å². The van der Waals surface area contributed by atoms with Gasteiger partial charge in [-0.15, -0.1) is 0 Å². The fourth-order valence-electron chi connectivity index (χ4n) is 1.74. The Morgan fingerprint density at radius 3 is 2.75 bits per heavy atom. The van der Waals surface area contributed by atoms with E-state index in [1.165, 1.54) is 6.08 Å². The number of aromatic nitrogens is 1. The minimum atomic E-state index is -0.207. The Balaban J connectivity index is 2.09. The van der Waals surface area contributed by atoms with E-state index in [1.807, 2.05) is 18.2 Å². The number of pyridine rings is 1. The van der Waals surface area contributed by atoms with Crippen molar-refractivity contribution in [3.05, 3.63) is 71.6 Å². The molecule has 1 radical (unpaired) electrons. The molecule has 1 aromatic heterocycles. The molecule has 0 saturated heterocycles. The third-order valence-corrected chi connectivity index (χ3v) is 2.69. The molecule has 0 bridgehead atoms. The number of carbonyl (C=O) groups is 1. The van der Waals surface area contributed by atoms with Gasteiger partial charge < -0.3 is 5.32 Å². The molecule has 0 unspecified atom stereocenters. The Kier molecular flexibility index (Phi) is 4.78. The van der Waals surface area contributed by atoms with Crippen molar-refractivity contribution in [3.63, 3.8) is 0 Å². The highest BCUT2D eigenvalue weighted by Crippen LogP contribution is 2.10. The molecule has 0 fully saturated rings. The van der Waals surface area contributed by atoms with Gasteiger partial charge in [-0.3, -0.25) is 14.6 Å². The van der Waals surface area contributed by atoms with Crippen molar-refractivity contribution in [2.75, 3.05) is 0 Å². The van der Waals surface area contributed by atoms with E-state index in [0.29, 0.717) is 17.7 Å². The monoisotopic (exact) mass is 265 g/mol. The summed E-state index contributed by atoms with van der Waals surface area (Å²) in [6, 6.07) is 12.6. The number of carbonyl (C=O) groups excluding carboxylic acids is 2. The zero-order chi connectivity index (χ0) is 14.2. The lowest BCUT2D eigenvalue weighted by atomic mass is 10.1. The van der Waals surface area contributed by atoms with Crippen LogP contribution in [0.4, 0.5) is 0 Å². The van der Waals surface area contributed by atoms with Gasteiger partial charge in [-0.05, 0) is 29.8 Å². The summed E-state index contributed by atoms with van der Waals surface area (Å²) in [6.45, 7) is 0.359. The van der Waals surface area contributed by atoms with E-state index in [-0.39, 0.29) is 5.91 Å². The predicted molar refractivity (Wildman–Crippen MR) is 76.6 cm³/mol. The van der Waals surface area contributed by atoms with E-state index in [1.54, 1.807) is 42.8 Å². The Morgan fingerprint density at radius 2 is 2.00 bits per heavy atom. The van der Waals surface area contributed by atoms with Crippen molar-refractivity contribution < 1.29 is 9.59 Å². The molecule has 0 aliphatic rings. The lowest BCUT2D eigenvalue weighted by Gasteiger charge is -2.07. The number of amides is 1. The van der Waals surface area contributed by atoms with Crippen molar-refractivity contribution in [1.29, 1.82) is 0 Å². The van der Waals surface area contributed by atoms with E-state index >= 15 is 0 Å². The fraction of sp³-hybridized carbons (Fsp3) is 0.0625. The van der Waals surface area contributed by atoms with Crippen molar-refractivity contribution >= 4 is 18.3 Å². The Bertz CT molecular complexity index is 621. The number of allylic oxidation sites excluding steroid dienone is 1. The summed E-state index contributed by atoms with van der Waals surface area (Å²) < 4.78 is 0. The first-order valence-electron chi connectivity index (χ1n) is 6.12. The summed E-state index contributed by atoms with van der Waals surface area (Å²) in [4.78, 5) is 26.5. The Hall–Kier alpha value is -2.75. The summed E-state index contributed by atoms with van der Waals surface area (Å²) in [6.07, 6.45) is 6.15. The molecule has 4 heteroatoms. The number of hydrogen-bond donors (Lipinski definition) is 1. The maximum Gasteiger partial charge on any atom is 0.252 e. The second kappa shape index (κ2) is 6.99. The van der Waals surface area contributed by atoms with Crippen LogP contribution in [0.25, 0.3) is 6.08 Å². The van der Waals surface area contributed by atoms with Gasteiger partial charge in [0.2, 0.25) is 6.29 Å². The first-order chi connectivity index (χ1) is 9.81. The lowest BCUT2D eigenvalue weighted by Crippen LogP contribution is -2.24. The normalized spacial score (nSPS) is 10.4. The van der Waals surface area contributed by atoms with E-state index in [2.05, 4.69) is 10.3 Å². The molecule has 1 aromatic carbocycles. The molecule has 0 aliphatic carbocycles. The predicted octanol–water partition coefficient (Wildman–Crippen LogP) is 2.13. The van der Waals surface area contributed by atoms with Gasteiger partial charge in [0.05, 0.1) is 12.2 Å². The summed E-state index contributed by atoms with van der Waals surface area (Å²) in [5, 5.41) is 2.80. The van der Waals surface area contributed by atoms with Crippen molar-refractivity contribution in [1.82, 2.24) is 10.3 Å². The van der Waals surface area contributed by atoms with Crippen LogP contribution in [-0.2, 0) is 11.3 Å². The van der Waals surface area contributed by atoms with Gasteiger partial charge in [0, 0.05) is 11.8 Å². The molecule has 99 valence electrons. The van der Waals surface area contributed by atoms with Crippen LogP contribution < -0.4 is 5.32 Å². The molecule has 0 atom stereocenters. The fourth-order valence-corrected chi connectivity index (χ4v) is 1.74. The van der Waals surface area contributed by atoms with Crippen molar-refractivity contribution in [2.24, 2.45) is 0 Å². The quantitative estimate of drug-likeness (QED) is 0.842. The molecular formula is C16H13N2O2. The summed E-state index contributed by atoms with van der Waals surface area (Å²) >= 11 is 0. The summed E-state index contributed by atoms with van der Waals surface area (Å²) in [5.74, 6) is -0.207. The average Bonchev–Trinajstić information content (AvgIpc) is 2.52. The first kappa shape index (κ1) is 13.7. The third-order valence-electron chi connectivity index (χ3n) is 2.69. The number of rotatable bonds is 5. The molecule has 0 saturated carbocycles. The highest BCUT2D eigenvalue weighted by molar-refractivity contribution is 5.98. The second-order valence-corrected chi connectivity index (χ2v) is 4.04. The van der Waals surface area contributed by atoms with Gasteiger partial charge in [0.25, 0.3) is 5.91 Å². The van der Waals surface area contributed by atoms with Gasteiger partial charge >= 0.3 is 0 Å². The highest BCUT2D eigenvalue weighted by Gasteiger charge is 2.08. The SMILES string of the molecule is O=[C]/C=C/c1ccccc1C(=O)NCc1ccccn1. The largest absolute Gasteiger partial charge is 0.346 e. The van der Waals surface area contributed by atoms with Crippen LogP contribution >= 0.6 is 0 Å². The Morgan fingerprint density at radius 1 is 1.20 bits per heavy atom. The number of hydrogen-bond acceptors (Lipinski definition) is 3. The molecule has 2 rings (SSSR count). The van der Waals surface area contributed by atoms with Crippen LogP contribution in [0.1, 0.15) is 21.6 Å². The molecular weight excluding hydrogens is 252 g/mol. The van der Waals surface area contributed by atoms with Crippen LogP contribution in [0.2, 0.25) is 0 Å². The molecule has 2 aromatic rings. The smallest absolute Gasteiger partial charge is 0.252 e. The van der Waals surface area contributed by atoms with E-state index in [9.17, 15) is 9.59 Å². The molecule has 0 aliphatic heterocycles. The topological polar surface area (TPSA) is 59.1 Å². The second-order valence-electron chi connectivity index (χ2n) is 4.04. The molecule has 1 amide bonds. The summed E-state index contributed by atoms with van der Waals surface area (Å²) in [5.41, 5.74) is 1.97. The zero-order valence-electron chi connectivity index (χ0n) is 10.7. The molecule has 1 heterocycles. The summed E-state index contributed by atoms with van der Waals surface area (Å²) in [7, 11) is 0. The minimum Gasteiger partial charge on any atom is -0.346 e. The first-order valence-corrected chi connectivity index (χ1v) is 6.12. The third kappa shape index (κ3) is 3.62. The van der Waals surface area contributed by atoms with Crippen molar-refractivity contribution in [3.8, 4) is 0 Å². The van der Waals surface area contributed by atoms with Gasteiger partial charge in [0.15, 0.2) is 0 Å². The van der Waals surface area contributed by atoms with E-state index in [0.717, 1.165) is 5.69 Å². The van der Waals surface area contributed by atoms with E-state index < -0.39 is 0 Å². The molecule has 4 nitrogen and oxygen atoms in total. The van der Waals surface area contributed by atoms with E-state index in [4.69, 9.17) is 0 Å². The van der Waals surface area contributed by atoms with Gasteiger partial charge in [-0.1, -0.05) is 30.3 Å². The molecule has 20 heavy (non-hydrogen) atoms. The lowest BCUT2D eigenvalue weighted by molar-refractivity contribution is 0.0950. The number of nitrogens with one attached hydrogen (secondary N) is 1. The van der Waals surface area contributed by atoms with Gasteiger partial charge in [0.1, 0.15) is 0 Å². The maximum atomic E-state index is 12.1. The standard InChI is InChI=1S/C16H13N2O2/c19-11-5-7-13-6-1-2-9-15(13)16(20)18-12-14-8-3-4-10-17-14/h1-10H,12H2,(H,18,20)/b7-5+. The van der Waals surface area contributed by atoms with Crippen LogP contribution in [0.5, 0.6) is 0 Å². The molecule has 0 spiro atoms.